The van der Waals surface area contributed by atoms with Gasteiger partial charge < -0.3 is 10.7 Å². The Labute approximate surface area is 71.6 Å². The lowest BCUT2D eigenvalue weighted by Gasteiger charge is -1.74. The maximum Gasteiger partial charge on any atom is 0.240 e. The van der Waals surface area contributed by atoms with Crippen LogP contribution < -0.4 is 5.73 Å². The highest BCUT2D eigenvalue weighted by Crippen LogP contribution is 1.92. The summed E-state index contributed by atoms with van der Waals surface area (Å²) in [7, 11) is 0. The van der Waals surface area contributed by atoms with Gasteiger partial charge in [0.15, 0.2) is 0 Å². The molecule has 0 bridgehead atoms. The molecule has 3 nitrogen and oxygen atoms in total. The SMILES string of the molecule is C=CC(N)=O.C=Cc1ccc[nH]1. The zero-order valence-electron chi connectivity index (χ0n) is 6.79. The standard InChI is InChI=1S/C6H7N.C3H5NO/c1-2-6-4-3-5-7-6;1-2-3(4)5/h2-5,7H,1H2;2H,1H2,(H2,4,5). The normalized spacial score (nSPS) is 7.67. The van der Waals surface area contributed by atoms with E-state index in [4.69, 9.17) is 0 Å². The molecule has 0 fully saturated rings. The fraction of sp³-hybridized carbons (Fsp3) is 0. The molecule has 1 aromatic heterocycles. The molecule has 0 aliphatic carbocycles. The molecule has 64 valence electrons. The van der Waals surface area contributed by atoms with Gasteiger partial charge >= 0.3 is 0 Å². The Bertz CT molecular complexity index is 250. The van der Waals surface area contributed by atoms with E-state index in [9.17, 15) is 4.79 Å². The molecule has 0 aromatic carbocycles. The van der Waals surface area contributed by atoms with Crippen molar-refractivity contribution in [3.63, 3.8) is 0 Å². The number of amides is 1. The molecule has 0 saturated heterocycles. The first-order chi connectivity index (χ1) is 5.70. The number of aromatic amines is 1. The van der Waals surface area contributed by atoms with Gasteiger partial charge in [0, 0.05) is 11.9 Å². The summed E-state index contributed by atoms with van der Waals surface area (Å²) in [6.45, 7) is 6.66. The number of primary amides is 1. The molecule has 0 radical (unpaired) electrons. The molecule has 0 aliphatic rings. The first kappa shape index (κ1) is 10.2. The van der Waals surface area contributed by atoms with Crippen molar-refractivity contribution in [2.24, 2.45) is 5.73 Å². The van der Waals surface area contributed by atoms with Crippen LogP contribution in [0.5, 0.6) is 0 Å². The van der Waals surface area contributed by atoms with Crippen LogP contribution in [-0.4, -0.2) is 10.9 Å². The van der Waals surface area contributed by atoms with Gasteiger partial charge in [-0.15, -0.1) is 0 Å². The van der Waals surface area contributed by atoms with Gasteiger partial charge in [-0.25, -0.2) is 0 Å². The van der Waals surface area contributed by atoms with E-state index in [1.807, 2.05) is 18.3 Å². The minimum Gasteiger partial charge on any atom is -0.366 e. The van der Waals surface area contributed by atoms with Gasteiger partial charge in [0.2, 0.25) is 5.91 Å². The van der Waals surface area contributed by atoms with E-state index in [2.05, 4.69) is 23.9 Å². The Morgan fingerprint density at radius 1 is 1.58 bits per heavy atom. The van der Waals surface area contributed by atoms with E-state index in [1.165, 1.54) is 0 Å². The Morgan fingerprint density at radius 3 is 2.33 bits per heavy atom. The van der Waals surface area contributed by atoms with Gasteiger partial charge in [-0.2, -0.15) is 0 Å². The van der Waals surface area contributed by atoms with Gasteiger partial charge in [0.1, 0.15) is 0 Å². The van der Waals surface area contributed by atoms with Crippen LogP contribution in [0.1, 0.15) is 5.69 Å². The maximum absolute atomic E-state index is 9.47. The zero-order valence-corrected chi connectivity index (χ0v) is 6.79. The van der Waals surface area contributed by atoms with Crippen molar-refractivity contribution in [2.75, 3.05) is 0 Å². The van der Waals surface area contributed by atoms with Gasteiger partial charge in [-0.05, 0) is 24.3 Å². The lowest BCUT2D eigenvalue weighted by molar-refractivity contribution is -0.113. The lowest BCUT2D eigenvalue weighted by atomic mass is 10.4. The second-order valence-electron chi connectivity index (χ2n) is 1.94. The van der Waals surface area contributed by atoms with Crippen molar-refractivity contribution in [3.05, 3.63) is 43.3 Å². The van der Waals surface area contributed by atoms with Crippen LogP contribution >= 0.6 is 0 Å². The zero-order chi connectivity index (χ0) is 9.40. The van der Waals surface area contributed by atoms with Gasteiger partial charge in [0.25, 0.3) is 0 Å². The average molecular weight is 164 g/mol. The first-order valence-corrected chi connectivity index (χ1v) is 3.38. The topological polar surface area (TPSA) is 58.9 Å². The molecular weight excluding hydrogens is 152 g/mol. The Balaban J connectivity index is 0.000000217. The maximum atomic E-state index is 9.47. The molecule has 12 heavy (non-hydrogen) atoms. The van der Waals surface area contributed by atoms with Crippen molar-refractivity contribution in [1.82, 2.24) is 4.98 Å². The van der Waals surface area contributed by atoms with Crippen LogP contribution in [-0.2, 0) is 4.79 Å². The largest absolute Gasteiger partial charge is 0.366 e. The molecule has 1 rings (SSSR count). The number of rotatable bonds is 2. The summed E-state index contributed by atoms with van der Waals surface area (Å²) in [5.41, 5.74) is 5.60. The predicted octanol–water partition coefficient (Wildman–Crippen LogP) is 1.32. The van der Waals surface area contributed by atoms with E-state index < -0.39 is 5.91 Å². The molecule has 1 aromatic rings. The number of nitrogens with two attached hydrogens (primary N) is 1. The van der Waals surface area contributed by atoms with Gasteiger partial charge in [0.05, 0.1) is 0 Å². The summed E-state index contributed by atoms with van der Waals surface area (Å²) in [6, 6.07) is 3.91. The molecule has 3 N–H and O–H groups in total. The molecule has 3 heteroatoms. The average Bonchev–Trinajstić information content (AvgIpc) is 2.57. The van der Waals surface area contributed by atoms with Crippen molar-refractivity contribution in [1.29, 1.82) is 0 Å². The Hall–Kier alpha value is -1.77. The van der Waals surface area contributed by atoms with Crippen LogP contribution in [0.4, 0.5) is 0 Å². The summed E-state index contributed by atoms with van der Waals surface area (Å²) in [5, 5.41) is 0. The van der Waals surface area contributed by atoms with Crippen LogP contribution in [0.25, 0.3) is 6.08 Å². The molecule has 0 aliphatic heterocycles. The number of H-pyrrole nitrogens is 1. The monoisotopic (exact) mass is 164 g/mol. The van der Waals surface area contributed by atoms with Gasteiger partial charge in [-0.1, -0.05) is 13.2 Å². The van der Waals surface area contributed by atoms with Crippen LogP contribution in [0.15, 0.2) is 37.6 Å². The number of hydrogen-bond acceptors (Lipinski definition) is 1. The minimum absolute atomic E-state index is 0.481. The predicted molar refractivity (Wildman–Crippen MR) is 50.3 cm³/mol. The van der Waals surface area contributed by atoms with Crippen molar-refractivity contribution < 1.29 is 4.79 Å². The van der Waals surface area contributed by atoms with Crippen molar-refractivity contribution in [2.45, 2.75) is 0 Å². The Kier molecular flexibility index (Phi) is 5.09. The summed E-state index contributed by atoms with van der Waals surface area (Å²) in [4.78, 5) is 12.4. The van der Waals surface area contributed by atoms with Gasteiger partial charge in [-0.3, -0.25) is 4.79 Å². The summed E-state index contributed by atoms with van der Waals surface area (Å²) in [5.74, 6) is -0.481. The van der Waals surface area contributed by atoms with Crippen molar-refractivity contribution >= 4 is 12.0 Å². The highest BCUT2D eigenvalue weighted by atomic mass is 16.1. The number of carbonyl (C=O) groups excluding carboxylic acids is 1. The number of carbonyl (C=O) groups is 1. The molecule has 1 amide bonds. The third-order valence-corrected chi connectivity index (χ3v) is 1.04. The highest BCUT2D eigenvalue weighted by molar-refractivity contribution is 5.84. The van der Waals surface area contributed by atoms with Crippen molar-refractivity contribution in [3.8, 4) is 0 Å². The summed E-state index contributed by atoms with van der Waals surface area (Å²) >= 11 is 0. The highest BCUT2D eigenvalue weighted by Gasteiger charge is 1.76. The number of nitrogens with one attached hydrogen (secondary N) is 1. The van der Waals surface area contributed by atoms with Crippen LogP contribution in [0.2, 0.25) is 0 Å². The smallest absolute Gasteiger partial charge is 0.240 e. The molecule has 0 spiro atoms. The summed E-state index contributed by atoms with van der Waals surface area (Å²) in [6.07, 6.45) is 4.71. The lowest BCUT2D eigenvalue weighted by Crippen LogP contribution is -2.04. The van der Waals surface area contributed by atoms with Crippen LogP contribution in [0, 0.1) is 0 Å². The van der Waals surface area contributed by atoms with E-state index in [-0.39, 0.29) is 0 Å². The second kappa shape index (κ2) is 5.97. The molecule has 1 heterocycles. The third kappa shape index (κ3) is 5.05. The Morgan fingerprint density at radius 2 is 2.17 bits per heavy atom. The fourth-order valence-electron chi connectivity index (χ4n) is 0.471. The molecule has 0 saturated carbocycles. The summed E-state index contributed by atoms with van der Waals surface area (Å²) < 4.78 is 0. The van der Waals surface area contributed by atoms with E-state index in [1.54, 1.807) is 6.08 Å². The second-order valence-corrected chi connectivity index (χ2v) is 1.94. The minimum atomic E-state index is -0.481. The fourth-order valence-corrected chi connectivity index (χ4v) is 0.471. The van der Waals surface area contributed by atoms with Crippen LogP contribution in [0.3, 0.4) is 0 Å². The van der Waals surface area contributed by atoms with E-state index in [0.717, 1.165) is 11.8 Å². The quantitative estimate of drug-likeness (QED) is 0.636. The molecule has 0 atom stereocenters. The number of hydrogen-bond donors (Lipinski definition) is 2. The first-order valence-electron chi connectivity index (χ1n) is 3.38. The number of aromatic nitrogens is 1. The third-order valence-electron chi connectivity index (χ3n) is 1.04. The van der Waals surface area contributed by atoms with E-state index in [0.29, 0.717) is 0 Å². The van der Waals surface area contributed by atoms with E-state index >= 15 is 0 Å². The molecular formula is C9H12N2O. The molecule has 0 unspecified atom stereocenters.